The maximum absolute atomic E-state index is 11.1. The Kier molecular flexibility index (Phi) is 5.29. The molecule has 0 spiro atoms. The van der Waals surface area contributed by atoms with Gasteiger partial charge in [0.1, 0.15) is 6.04 Å². The SMILES string of the molecule is [N-]=[N+]=NCCNC(C(=O)O)c1ccccc1Cl. The van der Waals surface area contributed by atoms with Gasteiger partial charge in [0.2, 0.25) is 0 Å². The van der Waals surface area contributed by atoms with E-state index < -0.39 is 12.0 Å². The number of azide groups is 1. The Hall–Kier alpha value is -1.75. The first-order chi connectivity index (χ1) is 8.16. The number of benzene rings is 1. The zero-order chi connectivity index (χ0) is 12.7. The second-order valence-corrected chi connectivity index (χ2v) is 3.61. The molecule has 1 aromatic rings. The topological polar surface area (TPSA) is 98.1 Å². The molecule has 0 aromatic heterocycles. The van der Waals surface area contributed by atoms with Gasteiger partial charge in [-0.2, -0.15) is 0 Å². The molecule has 0 amide bonds. The molecule has 0 saturated heterocycles. The van der Waals surface area contributed by atoms with Crippen LogP contribution in [0.25, 0.3) is 10.4 Å². The first-order valence-corrected chi connectivity index (χ1v) is 5.26. The minimum absolute atomic E-state index is 0.185. The third-order valence-corrected chi connectivity index (χ3v) is 2.43. The van der Waals surface area contributed by atoms with Gasteiger partial charge in [0, 0.05) is 23.0 Å². The van der Waals surface area contributed by atoms with Crippen LogP contribution in [0.1, 0.15) is 11.6 Å². The van der Waals surface area contributed by atoms with Crippen molar-refractivity contribution in [2.24, 2.45) is 5.11 Å². The number of nitrogens with zero attached hydrogens (tertiary/aromatic N) is 3. The minimum Gasteiger partial charge on any atom is -0.480 e. The molecule has 1 unspecified atom stereocenters. The molecule has 90 valence electrons. The van der Waals surface area contributed by atoms with Crippen molar-refractivity contribution in [3.63, 3.8) is 0 Å². The molecule has 0 saturated carbocycles. The fraction of sp³-hybridized carbons (Fsp3) is 0.300. The van der Waals surface area contributed by atoms with Crippen LogP contribution in [-0.2, 0) is 4.79 Å². The zero-order valence-electron chi connectivity index (χ0n) is 8.88. The number of hydrogen-bond acceptors (Lipinski definition) is 3. The second kappa shape index (κ2) is 6.75. The highest BCUT2D eigenvalue weighted by molar-refractivity contribution is 6.31. The number of carbonyl (C=O) groups is 1. The van der Waals surface area contributed by atoms with Crippen LogP contribution in [0.15, 0.2) is 29.4 Å². The molecular formula is C10H11ClN4O2. The van der Waals surface area contributed by atoms with E-state index in [1.165, 1.54) is 0 Å². The average Bonchev–Trinajstić information content (AvgIpc) is 2.30. The van der Waals surface area contributed by atoms with Crippen LogP contribution in [0.4, 0.5) is 0 Å². The Labute approximate surface area is 103 Å². The first-order valence-electron chi connectivity index (χ1n) is 4.88. The van der Waals surface area contributed by atoms with Crippen LogP contribution in [-0.4, -0.2) is 24.2 Å². The Balaban J connectivity index is 2.76. The van der Waals surface area contributed by atoms with Gasteiger partial charge in [0.25, 0.3) is 0 Å². The fourth-order valence-electron chi connectivity index (χ4n) is 1.34. The lowest BCUT2D eigenvalue weighted by Crippen LogP contribution is -2.30. The van der Waals surface area contributed by atoms with Crippen molar-refractivity contribution in [1.82, 2.24) is 5.32 Å². The van der Waals surface area contributed by atoms with Crippen molar-refractivity contribution in [2.45, 2.75) is 6.04 Å². The molecule has 2 N–H and O–H groups in total. The largest absolute Gasteiger partial charge is 0.480 e. The summed E-state index contributed by atoms with van der Waals surface area (Å²) in [6.45, 7) is 0.455. The summed E-state index contributed by atoms with van der Waals surface area (Å²) in [6.07, 6.45) is 0. The van der Waals surface area contributed by atoms with E-state index in [9.17, 15) is 4.79 Å². The lowest BCUT2D eigenvalue weighted by atomic mass is 10.1. The molecule has 17 heavy (non-hydrogen) atoms. The molecule has 0 fully saturated rings. The molecule has 7 heteroatoms. The van der Waals surface area contributed by atoms with E-state index in [1.807, 2.05) is 0 Å². The van der Waals surface area contributed by atoms with E-state index in [1.54, 1.807) is 24.3 Å². The van der Waals surface area contributed by atoms with E-state index in [0.717, 1.165) is 0 Å². The van der Waals surface area contributed by atoms with Crippen LogP contribution in [0.2, 0.25) is 5.02 Å². The summed E-state index contributed by atoms with van der Waals surface area (Å²) < 4.78 is 0. The monoisotopic (exact) mass is 254 g/mol. The van der Waals surface area contributed by atoms with Gasteiger partial charge in [-0.1, -0.05) is 34.9 Å². The summed E-state index contributed by atoms with van der Waals surface area (Å²) in [4.78, 5) is 13.7. The third kappa shape index (κ3) is 3.96. The quantitative estimate of drug-likeness (QED) is 0.353. The molecule has 0 aliphatic rings. The van der Waals surface area contributed by atoms with Gasteiger partial charge in [0.05, 0.1) is 0 Å². The standard InChI is InChI=1S/C10H11ClN4O2/c11-8-4-2-1-3-7(8)9(10(16)17)13-5-6-14-15-12/h1-4,9,13H,5-6H2,(H,16,17). The zero-order valence-corrected chi connectivity index (χ0v) is 9.63. The molecule has 0 bridgehead atoms. The normalized spacial score (nSPS) is 11.6. The van der Waals surface area contributed by atoms with Crippen molar-refractivity contribution < 1.29 is 9.90 Å². The van der Waals surface area contributed by atoms with Gasteiger partial charge in [-0.3, -0.25) is 4.79 Å². The third-order valence-electron chi connectivity index (χ3n) is 2.09. The van der Waals surface area contributed by atoms with E-state index >= 15 is 0 Å². The predicted octanol–water partition coefficient (Wildman–Crippen LogP) is 2.37. The van der Waals surface area contributed by atoms with Crippen molar-refractivity contribution in [1.29, 1.82) is 0 Å². The maximum Gasteiger partial charge on any atom is 0.325 e. The number of carboxylic acids is 1. The van der Waals surface area contributed by atoms with E-state index in [0.29, 0.717) is 10.6 Å². The van der Waals surface area contributed by atoms with Crippen LogP contribution >= 0.6 is 11.6 Å². The molecule has 0 radical (unpaired) electrons. The Morgan fingerprint density at radius 3 is 2.88 bits per heavy atom. The number of hydrogen-bond donors (Lipinski definition) is 2. The molecule has 0 aliphatic carbocycles. The number of halogens is 1. The van der Waals surface area contributed by atoms with Gasteiger partial charge in [-0.25, -0.2) is 0 Å². The number of carboxylic acid groups (broad SMARTS) is 1. The highest BCUT2D eigenvalue weighted by Crippen LogP contribution is 2.22. The fourth-order valence-corrected chi connectivity index (χ4v) is 1.59. The van der Waals surface area contributed by atoms with Crippen molar-refractivity contribution >= 4 is 17.6 Å². The van der Waals surface area contributed by atoms with Gasteiger partial charge in [0.15, 0.2) is 0 Å². The second-order valence-electron chi connectivity index (χ2n) is 3.20. The van der Waals surface area contributed by atoms with Gasteiger partial charge in [-0.05, 0) is 17.2 Å². The van der Waals surface area contributed by atoms with Crippen LogP contribution < -0.4 is 5.32 Å². The number of rotatable bonds is 6. The summed E-state index contributed by atoms with van der Waals surface area (Å²) >= 11 is 5.92. The van der Waals surface area contributed by atoms with Crippen LogP contribution in [0.3, 0.4) is 0 Å². The summed E-state index contributed by atoms with van der Waals surface area (Å²) in [5.74, 6) is -1.03. The molecule has 0 heterocycles. The van der Waals surface area contributed by atoms with E-state index in [2.05, 4.69) is 15.3 Å². The molecule has 0 aliphatic heterocycles. The van der Waals surface area contributed by atoms with Crippen molar-refractivity contribution in [3.05, 3.63) is 45.3 Å². The van der Waals surface area contributed by atoms with Gasteiger partial charge < -0.3 is 10.4 Å². The predicted molar refractivity (Wildman–Crippen MR) is 63.8 cm³/mol. The molecular weight excluding hydrogens is 244 g/mol. The maximum atomic E-state index is 11.1. The highest BCUT2D eigenvalue weighted by atomic mass is 35.5. The molecule has 6 nitrogen and oxygen atoms in total. The molecule has 1 atom stereocenters. The summed E-state index contributed by atoms with van der Waals surface area (Å²) in [5.41, 5.74) is 8.58. The lowest BCUT2D eigenvalue weighted by molar-refractivity contribution is -0.139. The van der Waals surface area contributed by atoms with Crippen molar-refractivity contribution in [2.75, 3.05) is 13.1 Å². The average molecular weight is 255 g/mol. The molecule has 1 aromatic carbocycles. The number of nitrogens with one attached hydrogen (secondary N) is 1. The Morgan fingerprint density at radius 2 is 2.29 bits per heavy atom. The Morgan fingerprint density at radius 1 is 1.59 bits per heavy atom. The van der Waals surface area contributed by atoms with Gasteiger partial charge in [-0.15, -0.1) is 0 Å². The molecule has 1 rings (SSSR count). The van der Waals surface area contributed by atoms with E-state index in [-0.39, 0.29) is 13.1 Å². The number of aliphatic carboxylic acids is 1. The Bertz CT molecular complexity index is 446. The first kappa shape index (κ1) is 13.3. The highest BCUT2D eigenvalue weighted by Gasteiger charge is 2.20. The summed E-state index contributed by atoms with van der Waals surface area (Å²) in [5, 5.41) is 15.5. The lowest BCUT2D eigenvalue weighted by Gasteiger charge is -2.15. The van der Waals surface area contributed by atoms with Gasteiger partial charge >= 0.3 is 5.97 Å². The van der Waals surface area contributed by atoms with Crippen LogP contribution in [0, 0.1) is 0 Å². The minimum atomic E-state index is -1.03. The summed E-state index contributed by atoms with van der Waals surface area (Å²) in [6, 6.07) is 5.80. The van der Waals surface area contributed by atoms with Crippen molar-refractivity contribution in [3.8, 4) is 0 Å². The summed E-state index contributed by atoms with van der Waals surface area (Å²) in [7, 11) is 0. The van der Waals surface area contributed by atoms with E-state index in [4.69, 9.17) is 22.2 Å². The smallest absolute Gasteiger partial charge is 0.325 e. The van der Waals surface area contributed by atoms with Crippen LogP contribution in [0.5, 0.6) is 0 Å².